The first kappa shape index (κ1) is 16.0. The van der Waals surface area contributed by atoms with Gasteiger partial charge in [0.15, 0.2) is 14.6 Å². The quantitative estimate of drug-likeness (QED) is 0.842. The minimum Gasteiger partial charge on any atom is -0.367 e. The Labute approximate surface area is 135 Å². The van der Waals surface area contributed by atoms with Crippen molar-refractivity contribution in [3.8, 4) is 0 Å². The van der Waals surface area contributed by atoms with E-state index in [1.165, 1.54) is 6.26 Å². The highest BCUT2D eigenvalue weighted by Crippen LogP contribution is 2.41. The molecule has 1 saturated heterocycles. The molecule has 122 valence electrons. The number of hydrogen-bond donors (Lipinski definition) is 0. The minimum absolute atomic E-state index is 0.0979. The van der Waals surface area contributed by atoms with Crippen molar-refractivity contribution in [2.75, 3.05) is 19.3 Å². The fourth-order valence-corrected chi connectivity index (χ4v) is 5.47. The number of carbonyl (C=O) groups excluding carboxylic acids is 1. The number of rotatable bonds is 3. The van der Waals surface area contributed by atoms with Crippen LogP contribution in [0.1, 0.15) is 37.9 Å². The second-order valence-corrected chi connectivity index (χ2v) is 9.43. The van der Waals surface area contributed by atoms with Gasteiger partial charge < -0.3 is 9.64 Å². The molecule has 2 aliphatic rings. The minimum atomic E-state index is -3.40. The normalized spacial score (nSPS) is 28.2. The van der Waals surface area contributed by atoms with Crippen molar-refractivity contribution in [1.82, 2.24) is 4.90 Å². The summed E-state index contributed by atoms with van der Waals surface area (Å²) in [5.41, 5.74) is 1.05. The SMILES string of the molecule is CC1CN(C(=O)C2(S(C)(=O)=O)CCC2)CC(c2ccsc2)O1. The van der Waals surface area contributed by atoms with Crippen LogP contribution in [0.2, 0.25) is 0 Å². The van der Waals surface area contributed by atoms with Crippen molar-refractivity contribution in [2.45, 2.75) is 43.1 Å². The molecule has 2 fully saturated rings. The lowest BCUT2D eigenvalue weighted by atomic mass is 9.82. The van der Waals surface area contributed by atoms with Crippen LogP contribution < -0.4 is 0 Å². The Morgan fingerprint density at radius 3 is 2.64 bits per heavy atom. The molecule has 1 amide bonds. The van der Waals surface area contributed by atoms with Gasteiger partial charge in [-0.25, -0.2) is 8.42 Å². The molecule has 5 nitrogen and oxygen atoms in total. The first-order valence-corrected chi connectivity index (χ1v) is 10.3. The maximum atomic E-state index is 12.9. The number of thiophene rings is 1. The van der Waals surface area contributed by atoms with Gasteiger partial charge in [-0.1, -0.05) is 0 Å². The molecular formula is C15H21NO4S2. The van der Waals surface area contributed by atoms with Crippen LogP contribution in [0.4, 0.5) is 0 Å². The predicted octanol–water partition coefficient (Wildman–Crippen LogP) is 2.00. The Hall–Kier alpha value is -0.920. The smallest absolute Gasteiger partial charge is 0.244 e. The van der Waals surface area contributed by atoms with Crippen LogP contribution in [-0.2, 0) is 19.4 Å². The molecule has 1 aromatic rings. The second-order valence-electron chi connectivity index (χ2n) is 6.32. The zero-order valence-electron chi connectivity index (χ0n) is 12.8. The van der Waals surface area contributed by atoms with E-state index in [0.29, 0.717) is 25.9 Å². The molecule has 3 rings (SSSR count). The standard InChI is InChI=1S/C15H21NO4S2/c1-11-8-16(9-13(20-11)12-4-7-21-10-12)14(17)15(5-3-6-15)22(2,18)19/h4,7,10-11,13H,3,5-6,8-9H2,1-2H3. The first-order chi connectivity index (χ1) is 10.3. The highest BCUT2D eigenvalue weighted by molar-refractivity contribution is 7.93. The van der Waals surface area contributed by atoms with Gasteiger partial charge in [0.25, 0.3) is 0 Å². The van der Waals surface area contributed by atoms with Crippen LogP contribution in [-0.4, -0.2) is 49.4 Å². The van der Waals surface area contributed by atoms with E-state index in [9.17, 15) is 13.2 Å². The summed E-state index contributed by atoms with van der Waals surface area (Å²) in [6.07, 6.45) is 2.60. The summed E-state index contributed by atoms with van der Waals surface area (Å²) in [7, 11) is -3.40. The summed E-state index contributed by atoms with van der Waals surface area (Å²) in [6, 6.07) is 1.99. The molecule has 0 N–H and O–H groups in total. The fourth-order valence-electron chi connectivity index (χ4n) is 3.29. The zero-order valence-corrected chi connectivity index (χ0v) is 14.5. The Kier molecular flexibility index (Phi) is 4.07. The van der Waals surface area contributed by atoms with Gasteiger partial charge in [0.1, 0.15) is 6.10 Å². The van der Waals surface area contributed by atoms with Gasteiger partial charge >= 0.3 is 0 Å². The third-order valence-corrected chi connectivity index (χ3v) is 7.43. The number of amides is 1. The van der Waals surface area contributed by atoms with Crippen molar-refractivity contribution in [3.63, 3.8) is 0 Å². The van der Waals surface area contributed by atoms with E-state index in [1.54, 1.807) is 16.2 Å². The van der Waals surface area contributed by atoms with Crippen molar-refractivity contribution in [3.05, 3.63) is 22.4 Å². The third kappa shape index (κ3) is 2.59. The van der Waals surface area contributed by atoms with E-state index in [1.807, 2.05) is 23.8 Å². The lowest BCUT2D eigenvalue weighted by Crippen LogP contribution is -2.60. The summed E-state index contributed by atoms with van der Waals surface area (Å²) in [5.74, 6) is -0.239. The number of morpholine rings is 1. The first-order valence-electron chi connectivity index (χ1n) is 7.50. The molecule has 7 heteroatoms. The molecule has 0 radical (unpaired) electrons. The Bertz CT molecular complexity index is 649. The number of ether oxygens (including phenoxy) is 1. The summed E-state index contributed by atoms with van der Waals surface area (Å²) >= 11 is 1.59. The molecule has 1 aromatic heterocycles. The molecular weight excluding hydrogens is 322 g/mol. The van der Waals surface area contributed by atoms with Crippen LogP contribution in [0.15, 0.2) is 16.8 Å². The summed E-state index contributed by atoms with van der Waals surface area (Å²) in [6.45, 7) is 2.81. The van der Waals surface area contributed by atoms with E-state index in [2.05, 4.69) is 0 Å². The van der Waals surface area contributed by atoms with E-state index in [-0.39, 0.29) is 18.1 Å². The van der Waals surface area contributed by atoms with E-state index >= 15 is 0 Å². The molecule has 22 heavy (non-hydrogen) atoms. The van der Waals surface area contributed by atoms with Gasteiger partial charge in [0.2, 0.25) is 5.91 Å². The van der Waals surface area contributed by atoms with Crippen molar-refractivity contribution in [1.29, 1.82) is 0 Å². The van der Waals surface area contributed by atoms with Crippen LogP contribution in [0.3, 0.4) is 0 Å². The topological polar surface area (TPSA) is 63.7 Å². The average Bonchev–Trinajstić information content (AvgIpc) is 2.88. The van der Waals surface area contributed by atoms with E-state index < -0.39 is 14.6 Å². The van der Waals surface area contributed by atoms with Crippen molar-refractivity contribution >= 4 is 27.1 Å². The Morgan fingerprint density at radius 2 is 2.14 bits per heavy atom. The molecule has 1 aliphatic carbocycles. The molecule has 0 bridgehead atoms. The average molecular weight is 343 g/mol. The van der Waals surface area contributed by atoms with Crippen LogP contribution in [0, 0.1) is 0 Å². The van der Waals surface area contributed by atoms with Crippen LogP contribution in [0.25, 0.3) is 0 Å². The molecule has 2 unspecified atom stereocenters. The Balaban J connectivity index is 1.83. The zero-order chi connectivity index (χ0) is 16.0. The lowest BCUT2D eigenvalue weighted by molar-refractivity contribution is -0.149. The largest absolute Gasteiger partial charge is 0.367 e. The summed E-state index contributed by atoms with van der Waals surface area (Å²) in [4.78, 5) is 14.6. The molecule has 1 saturated carbocycles. The van der Waals surface area contributed by atoms with Crippen molar-refractivity contribution < 1.29 is 17.9 Å². The molecule has 2 heterocycles. The van der Waals surface area contributed by atoms with Gasteiger partial charge in [0, 0.05) is 12.8 Å². The van der Waals surface area contributed by atoms with E-state index in [4.69, 9.17) is 4.74 Å². The number of carbonyl (C=O) groups is 1. The second kappa shape index (κ2) is 5.62. The van der Waals surface area contributed by atoms with E-state index in [0.717, 1.165) is 12.0 Å². The number of hydrogen-bond acceptors (Lipinski definition) is 5. The highest BCUT2D eigenvalue weighted by Gasteiger charge is 2.55. The third-order valence-electron chi connectivity index (χ3n) is 4.72. The highest BCUT2D eigenvalue weighted by atomic mass is 32.2. The van der Waals surface area contributed by atoms with Crippen LogP contribution >= 0.6 is 11.3 Å². The van der Waals surface area contributed by atoms with Gasteiger partial charge in [0.05, 0.1) is 12.6 Å². The predicted molar refractivity (Wildman–Crippen MR) is 85.6 cm³/mol. The lowest BCUT2D eigenvalue weighted by Gasteiger charge is -2.45. The maximum Gasteiger partial charge on any atom is 0.244 e. The maximum absolute atomic E-state index is 12.9. The Morgan fingerprint density at radius 1 is 1.41 bits per heavy atom. The van der Waals surface area contributed by atoms with Gasteiger partial charge in [-0.15, -0.1) is 0 Å². The molecule has 0 spiro atoms. The van der Waals surface area contributed by atoms with Gasteiger partial charge in [-0.3, -0.25) is 4.79 Å². The number of nitrogens with zero attached hydrogens (tertiary/aromatic N) is 1. The molecule has 2 atom stereocenters. The van der Waals surface area contributed by atoms with Crippen LogP contribution in [0.5, 0.6) is 0 Å². The summed E-state index contributed by atoms with van der Waals surface area (Å²) < 4.78 is 29.0. The number of sulfone groups is 1. The molecule has 0 aromatic carbocycles. The summed E-state index contributed by atoms with van der Waals surface area (Å²) in [5, 5.41) is 4.00. The fraction of sp³-hybridized carbons (Fsp3) is 0.667. The van der Waals surface area contributed by atoms with Crippen molar-refractivity contribution in [2.24, 2.45) is 0 Å². The monoisotopic (exact) mass is 343 g/mol. The van der Waals surface area contributed by atoms with Gasteiger partial charge in [-0.2, -0.15) is 11.3 Å². The van der Waals surface area contributed by atoms with Gasteiger partial charge in [-0.05, 0) is 48.6 Å². The molecule has 1 aliphatic heterocycles.